The quantitative estimate of drug-likeness (QED) is 0.407. The van der Waals surface area contributed by atoms with Gasteiger partial charge in [-0.25, -0.2) is 24.3 Å². The van der Waals surface area contributed by atoms with E-state index in [9.17, 15) is 14.0 Å². The number of carbonyl (C=O) groups is 2. The molecule has 4 heterocycles. The van der Waals surface area contributed by atoms with Gasteiger partial charge in [0.1, 0.15) is 24.8 Å². The van der Waals surface area contributed by atoms with E-state index in [1.54, 1.807) is 19.4 Å². The summed E-state index contributed by atoms with van der Waals surface area (Å²) >= 11 is 0. The highest BCUT2D eigenvalue weighted by Crippen LogP contribution is 2.44. The van der Waals surface area contributed by atoms with Crippen LogP contribution in [0.5, 0.6) is 0 Å². The number of hydrogen-bond donors (Lipinski definition) is 3. The van der Waals surface area contributed by atoms with Crippen molar-refractivity contribution in [2.45, 2.75) is 37.7 Å². The molecular weight excluding hydrogens is 469 g/mol. The second-order valence-corrected chi connectivity index (χ2v) is 8.65. The van der Waals surface area contributed by atoms with Gasteiger partial charge in [0, 0.05) is 26.1 Å². The third-order valence-corrected chi connectivity index (χ3v) is 5.97. The van der Waals surface area contributed by atoms with Gasteiger partial charge in [-0.3, -0.25) is 14.3 Å². The number of aryl methyl sites for hydroxylation is 1. The van der Waals surface area contributed by atoms with Crippen LogP contribution in [0.3, 0.4) is 0 Å². The third-order valence-electron chi connectivity index (χ3n) is 5.97. The first-order valence-corrected chi connectivity index (χ1v) is 11.8. The summed E-state index contributed by atoms with van der Waals surface area (Å²) in [6.07, 6.45) is 9.40. The van der Waals surface area contributed by atoms with Crippen molar-refractivity contribution in [3.63, 3.8) is 0 Å². The molecule has 12 nitrogen and oxygen atoms in total. The molecule has 0 spiro atoms. The van der Waals surface area contributed by atoms with Gasteiger partial charge in [-0.1, -0.05) is 0 Å². The minimum Gasteiger partial charge on any atom is -0.372 e. The summed E-state index contributed by atoms with van der Waals surface area (Å²) in [5, 5.41) is 12.3. The van der Waals surface area contributed by atoms with Crippen molar-refractivity contribution < 1.29 is 18.7 Å². The predicted molar refractivity (Wildman–Crippen MR) is 127 cm³/mol. The molecule has 188 valence electrons. The van der Waals surface area contributed by atoms with Gasteiger partial charge >= 0.3 is 0 Å². The number of carbonyl (C=O) groups excluding carboxylic acids is 2. The van der Waals surface area contributed by atoms with Gasteiger partial charge < -0.3 is 20.7 Å². The third kappa shape index (κ3) is 5.00. The molecule has 13 heteroatoms. The summed E-state index contributed by atoms with van der Waals surface area (Å²) in [7, 11) is 1.56. The average molecular weight is 496 g/mol. The maximum Gasteiger partial charge on any atom is 0.278 e. The molecule has 5 rings (SSSR count). The molecule has 3 aromatic heterocycles. The van der Waals surface area contributed by atoms with Crippen LogP contribution in [0.25, 0.3) is 0 Å². The Morgan fingerprint density at radius 3 is 2.61 bits per heavy atom. The van der Waals surface area contributed by atoms with Gasteiger partial charge in [-0.2, -0.15) is 5.10 Å². The molecule has 1 saturated heterocycles. The van der Waals surface area contributed by atoms with Crippen LogP contribution in [0, 0.1) is 0 Å². The van der Waals surface area contributed by atoms with E-state index in [0.717, 1.165) is 37.1 Å². The number of hydrogen-bond acceptors (Lipinski definition) is 9. The zero-order chi connectivity index (χ0) is 25.1. The van der Waals surface area contributed by atoms with Crippen LogP contribution in [0.15, 0.2) is 24.9 Å². The Balaban J connectivity index is 1.51. The number of nitrogens with one attached hydrogen (secondary N) is 3. The van der Waals surface area contributed by atoms with E-state index in [4.69, 9.17) is 14.7 Å². The Kier molecular flexibility index (Phi) is 6.80. The Bertz CT molecular complexity index is 1260. The van der Waals surface area contributed by atoms with Gasteiger partial charge in [0.25, 0.3) is 11.8 Å². The van der Waals surface area contributed by atoms with E-state index >= 15 is 0 Å². The van der Waals surface area contributed by atoms with Crippen molar-refractivity contribution in [1.82, 2.24) is 35.0 Å². The van der Waals surface area contributed by atoms with Crippen molar-refractivity contribution in [3.8, 4) is 0 Å². The van der Waals surface area contributed by atoms with E-state index in [1.165, 1.54) is 17.2 Å². The molecule has 2 fully saturated rings. The minimum atomic E-state index is -0.708. The molecule has 1 unspecified atom stereocenters. The highest BCUT2D eigenvalue weighted by atomic mass is 19.1. The smallest absolute Gasteiger partial charge is 0.278 e. The van der Waals surface area contributed by atoms with Crippen molar-refractivity contribution in [2.75, 3.05) is 30.5 Å². The zero-order valence-corrected chi connectivity index (χ0v) is 19.7. The van der Waals surface area contributed by atoms with Crippen molar-refractivity contribution in [1.29, 1.82) is 0 Å². The Morgan fingerprint density at radius 2 is 1.92 bits per heavy atom. The van der Waals surface area contributed by atoms with E-state index in [-0.39, 0.29) is 41.5 Å². The fourth-order valence-electron chi connectivity index (χ4n) is 4.12. The van der Waals surface area contributed by atoms with Crippen LogP contribution in [0.1, 0.15) is 70.1 Å². The van der Waals surface area contributed by atoms with E-state index in [0.29, 0.717) is 12.3 Å². The second-order valence-electron chi connectivity index (χ2n) is 8.65. The lowest BCUT2D eigenvalue weighted by Gasteiger charge is -2.18. The maximum absolute atomic E-state index is 13.5. The summed E-state index contributed by atoms with van der Waals surface area (Å²) in [5.41, 5.74) is 2.35. The van der Waals surface area contributed by atoms with Crippen molar-refractivity contribution in [3.05, 3.63) is 47.7 Å². The summed E-state index contributed by atoms with van der Waals surface area (Å²) in [4.78, 5) is 43.6. The van der Waals surface area contributed by atoms with Crippen molar-refractivity contribution >= 4 is 29.0 Å². The molecule has 1 saturated carbocycles. The first kappa shape index (κ1) is 23.7. The maximum atomic E-state index is 13.5. The number of amides is 2. The van der Waals surface area contributed by atoms with Crippen LogP contribution in [-0.4, -0.2) is 61.4 Å². The van der Waals surface area contributed by atoms with E-state index in [1.807, 2.05) is 0 Å². The van der Waals surface area contributed by atoms with Crippen LogP contribution in [0.2, 0.25) is 0 Å². The summed E-state index contributed by atoms with van der Waals surface area (Å²) in [5.74, 6) is -0.682. The van der Waals surface area contributed by atoms with Crippen LogP contribution in [-0.2, 0) is 11.8 Å². The lowest BCUT2D eigenvalue weighted by molar-refractivity contribution is 0.0942. The molecule has 0 radical (unpaired) electrons. The molecule has 36 heavy (non-hydrogen) atoms. The molecule has 0 bridgehead atoms. The molecule has 2 amide bonds. The van der Waals surface area contributed by atoms with Gasteiger partial charge in [0.15, 0.2) is 11.5 Å². The minimum absolute atomic E-state index is 0.0569. The molecule has 1 aliphatic heterocycles. The molecule has 3 aromatic rings. The largest absolute Gasteiger partial charge is 0.372 e. The van der Waals surface area contributed by atoms with Crippen molar-refractivity contribution in [2.24, 2.45) is 7.05 Å². The first-order valence-electron chi connectivity index (χ1n) is 11.8. The molecular formula is C23H26FN9O3. The van der Waals surface area contributed by atoms with Gasteiger partial charge in [-0.05, 0) is 25.7 Å². The SMILES string of the molecule is Cn1ncc(NC(=O)c2nc(C3CC3)c(C3CCCO3)nc2Nc2cncnc2)c1C(=O)NCCF. The van der Waals surface area contributed by atoms with E-state index in [2.05, 4.69) is 31.0 Å². The summed E-state index contributed by atoms with van der Waals surface area (Å²) in [6, 6.07) is 0. The fourth-order valence-corrected chi connectivity index (χ4v) is 4.12. The average Bonchev–Trinajstić information content (AvgIpc) is 3.45. The number of rotatable bonds is 9. The Labute approximate surface area is 206 Å². The topological polar surface area (TPSA) is 149 Å². The van der Waals surface area contributed by atoms with Gasteiger partial charge in [0.2, 0.25) is 0 Å². The second kappa shape index (κ2) is 10.3. The standard InChI is InChI=1S/C23H26FN9O3/c1-33-20(23(35)27-7-6-24)15(11-28-33)30-22(34)19-21(29-14-9-25-12-26-10-14)32-18(16-3-2-8-36-16)17(31-19)13-4-5-13/h9-13,16H,2-8H2,1H3,(H,27,35)(H,29,32)(H,30,34). The molecule has 0 aromatic carbocycles. The monoisotopic (exact) mass is 495 g/mol. The molecule has 1 atom stereocenters. The Hall–Kier alpha value is -4.00. The summed E-state index contributed by atoms with van der Waals surface area (Å²) < 4.78 is 19.8. The van der Waals surface area contributed by atoms with Gasteiger partial charge in [0.05, 0.1) is 41.4 Å². The lowest BCUT2D eigenvalue weighted by atomic mass is 10.1. The predicted octanol–water partition coefficient (Wildman–Crippen LogP) is 2.42. The molecule has 3 N–H and O–H groups in total. The highest BCUT2D eigenvalue weighted by Gasteiger charge is 2.35. The van der Waals surface area contributed by atoms with E-state index < -0.39 is 18.5 Å². The number of alkyl halides is 1. The van der Waals surface area contributed by atoms with Crippen LogP contribution in [0.4, 0.5) is 21.6 Å². The molecule has 2 aliphatic rings. The normalized spacial score (nSPS) is 17.1. The number of aromatic nitrogens is 6. The highest BCUT2D eigenvalue weighted by molar-refractivity contribution is 6.09. The lowest BCUT2D eigenvalue weighted by Crippen LogP contribution is -2.29. The number of nitrogens with zero attached hydrogens (tertiary/aromatic N) is 6. The van der Waals surface area contributed by atoms with Crippen LogP contribution < -0.4 is 16.0 Å². The molecule has 1 aliphatic carbocycles. The van der Waals surface area contributed by atoms with Crippen LogP contribution >= 0.6 is 0 Å². The van der Waals surface area contributed by atoms with Gasteiger partial charge in [-0.15, -0.1) is 0 Å². The first-order chi connectivity index (χ1) is 17.5. The zero-order valence-electron chi connectivity index (χ0n) is 19.7. The number of anilines is 3. The fraction of sp³-hybridized carbons (Fsp3) is 0.435. The number of halogens is 1. The summed E-state index contributed by atoms with van der Waals surface area (Å²) in [6.45, 7) is -0.201. The number of ether oxygens (including phenoxy) is 1. The Morgan fingerprint density at radius 1 is 1.11 bits per heavy atom.